The molecule has 5 nitrogen and oxygen atoms in total. The number of nitro benzene ring substituents is 1. The number of epoxide rings is 1. The summed E-state index contributed by atoms with van der Waals surface area (Å²) < 4.78 is 5.73. The molecule has 2 aliphatic rings. The van der Waals surface area contributed by atoms with Gasteiger partial charge in [0.2, 0.25) is 0 Å². The average molecular weight is 281 g/mol. The van der Waals surface area contributed by atoms with Crippen molar-refractivity contribution in [3.05, 3.63) is 75.3 Å². The van der Waals surface area contributed by atoms with Crippen molar-refractivity contribution in [2.24, 2.45) is 0 Å². The normalized spacial score (nSPS) is 25.9. The van der Waals surface area contributed by atoms with E-state index < -0.39 is 10.5 Å². The molecule has 1 spiro atoms. The summed E-state index contributed by atoms with van der Waals surface area (Å²) in [6.07, 6.45) is 0.266. The summed E-state index contributed by atoms with van der Waals surface area (Å²) in [5.74, 6) is 0.0152. The van der Waals surface area contributed by atoms with Crippen molar-refractivity contribution in [1.29, 1.82) is 0 Å². The Labute approximate surface area is 120 Å². The Balaban J connectivity index is 1.64. The van der Waals surface area contributed by atoms with E-state index >= 15 is 0 Å². The molecule has 4 rings (SSSR count). The van der Waals surface area contributed by atoms with Crippen molar-refractivity contribution in [2.75, 3.05) is 0 Å². The standard InChI is InChI=1S/C16H11NO4/c18-14-13-4-2-1-3-11(13)9-16(14)15(21-16)10-5-7-12(8-6-10)17(19)20/h1-8,15H,9H2. The lowest BCUT2D eigenvalue weighted by Crippen LogP contribution is -2.20. The van der Waals surface area contributed by atoms with Gasteiger partial charge in [0.05, 0.1) is 4.92 Å². The van der Waals surface area contributed by atoms with Gasteiger partial charge in [-0.15, -0.1) is 0 Å². The van der Waals surface area contributed by atoms with Gasteiger partial charge in [-0.2, -0.15) is 0 Å². The first-order chi connectivity index (χ1) is 10.1. The number of hydrogen-bond donors (Lipinski definition) is 0. The summed E-state index contributed by atoms with van der Waals surface area (Å²) in [7, 11) is 0. The molecule has 0 bridgehead atoms. The Morgan fingerprint density at radius 2 is 1.86 bits per heavy atom. The van der Waals surface area contributed by atoms with Gasteiger partial charge in [-0.3, -0.25) is 14.9 Å². The van der Waals surface area contributed by atoms with E-state index in [0.717, 1.165) is 16.7 Å². The van der Waals surface area contributed by atoms with Gasteiger partial charge in [-0.25, -0.2) is 0 Å². The molecule has 1 heterocycles. The Morgan fingerprint density at radius 3 is 2.52 bits per heavy atom. The van der Waals surface area contributed by atoms with Crippen molar-refractivity contribution in [3.63, 3.8) is 0 Å². The van der Waals surface area contributed by atoms with Gasteiger partial charge in [0.1, 0.15) is 6.10 Å². The highest BCUT2D eigenvalue weighted by molar-refractivity contribution is 6.09. The Morgan fingerprint density at radius 1 is 1.14 bits per heavy atom. The fourth-order valence-electron chi connectivity index (χ4n) is 3.08. The fourth-order valence-corrected chi connectivity index (χ4v) is 3.08. The van der Waals surface area contributed by atoms with Crippen LogP contribution in [0.5, 0.6) is 0 Å². The number of fused-ring (bicyclic) bond motifs is 1. The molecule has 0 aromatic heterocycles. The summed E-state index contributed by atoms with van der Waals surface area (Å²) in [5.41, 5.74) is 1.78. The lowest BCUT2D eigenvalue weighted by Gasteiger charge is -2.01. The summed E-state index contributed by atoms with van der Waals surface area (Å²) in [4.78, 5) is 22.7. The largest absolute Gasteiger partial charge is 0.352 e. The van der Waals surface area contributed by atoms with Crippen LogP contribution in [0.15, 0.2) is 48.5 Å². The molecule has 104 valence electrons. The van der Waals surface area contributed by atoms with E-state index in [1.807, 2.05) is 24.3 Å². The van der Waals surface area contributed by atoms with Crippen LogP contribution in [0.1, 0.15) is 27.6 Å². The molecule has 0 N–H and O–H groups in total. The minimum Gasteiger partial charge on any atom is -0.352 e. The molecule has 1 aliphatic carbocycles. The summed E-state index contributed by atoms with van der Waals surface area (Å²) in [6, 6.07) is 13.7. The number of nitrogens with zero attached hydrogens (tertiary/aromatic N) is 1. The zero-order valence-electron chi connectivity index (χ0n) is 11.0. The quantitative estimate of drug-likeness (QED) is 0.482. The van der Waals surface area contributed by atoms with E-state index in [1.54, 1.807) is 12.1 Å². The van der Waals surface area contributed by atoms with Gasteiger partial charge in [0, 0.05) is 24.1 Å². The molecule has 5 heteroatoms. The minimum atomic E-state index is -0.792. The number of ether oxygens (including phenoxy) is 1. The molecule has 2 atom stereocenters. The zero-order chi connectivity index (χ0) is 14.6. The number of Topliss-reactive ketones (excluding diaryl/α,β-unsaturated/α-hetero) is 1. The molecule has 1 saturated heterocycles. The van der Waals surface area contributed by atoms with E-state index in [-0.39, 0.29) is 17.6 Å². The third-order valence-electron chi connectivity index (χ3n) is 4.20. The van der Waals surface area contributed by atoms with Crippen molar-refractivity contribution >= 4 is 11.5 Å². The van der Waals surface area contributed by atoms with Gasteiger partial charge in [0.25, 0.3) is 5.69 Å². The highest BCUT2D eigenvalue weighted by Gasteiger charge is 2.65. The number of nitro groups is 1. The van der Waals surface area contributed by atoms with Crippen LogP contribution < -0.4 is 0 Å². The maximum atomic E-state index is 12.5. The number of benzene rings is 2. The van der Waals surface area contributed by atoms with E-state index in [9.17, 15) is 14.9 Å². The molecular formula is C16H11NO4. The number of ketones is 1. The van der Waals surface area contributed by atoms with Crippen LogP contribution in [0.25, 0.3) is 0 Å². The van der Waals surface area contributed by atoms with E-state index in [0.29, 0.717) is 6.42 Å². The van der Waals surface area contributed by atoms with Crippen LogP contribution >= 0.6 is 0 Å². The van der Waals surface area contributed by atoms with Crippen molar-refractivity contribution in [3.8, 4) is 0 Å². The smallest absolute Gasteiger partial charge is 0.269 e. The summed E-state index contributed by atoms with van der Waals surface area (Å²) in [6.45, 7) is 0. The molecule has 2 aromatic rings. The molecule has 0 radical (unpaired) electrons. The SMILES string of the molecule is O=C1c2ccccc2CC12OC2c1ccc([N+](=O)[O-])cc1. The van der Waals surface area contributed by atoms with Crippen LogP contribution in [0.2, 0.25) is 0 Å². The molecule has 0 saturated carbocycles. The summed E-state index contributed by atoms with van der Waals surface area (Å²) in [5, 5.41) is 10.7. The first kappa shape index (κ1) is 12.2. The van der Waals surface area contributed by atoms with Gasteiger partial charge in [0.15, 0.2) is 11.4 Å². The van der Waals surface area contributed by atoms with Crippen LogP contribution in [0, 0.1) is 10.1 Å². The second-order valence-corrected chi connectivity index (χ2v) is 5.40. The fraction of sp³-hybridized carbons (Fsp3) is 0.188. The second-order valence-electron chi connectivity index (χ2n) is 5.40. The van der Waals surface area contributed by atoms with Crippen molar-refractivity contribution in [2.45, 2.75) is 18.1 Å². The monoisotopic (exact) mass is 281 g/mol. The molecule has 1 aliphatic heterocycles. The van der Waals surface area contributed by atoms with Crippen LogP contribution in [0.4, 0.5) is 5.69 Å². The van der Waals surface area contributed by atoms with Gasteiger partial charge in [-0.05, 0) is 23.3 Å². The Hall–Kier alpha value is -2.53. The van der Waals surface area contributed by atoms with Crippen molar-refractivity contribution < 1.29 is 14.5 Å². The molecule has 0 amide bonds. The van der Waals surface area contributed by atoms with Crippen LogP contribution in [-0.4, -0.2) is 16.3 Å². The highest BCUT2D eigenvalue weighted by Crippen LogP contribution is 2.56. The van der Waals surface area contributed by atoms with E-state index in [2.05, 4.69) is 0 Å². The maximum Gasteiger partial charge on any atom is 0.269 e. The predicted molar refractivity (Wildman–Crippen MR) is 74.1 cm³/mol. The second kappa shape index (κ2) is 3.99. The molecule has 21 heavy (non-hydrogen) atoms. The predicted octanol–water partition coefficient (Wildman–Crippen LogP) is 2.84. The van der Waals surface area contributed by atoms with Crippen LogP contribution in [-0.2, 0) is 11.2 Å². The molecular weight excluding hydrogens is 270 g/mol. The van der Waals surface area contributed by atoms with Crippen LogP contribution in [0.3, 0.4) is 0 Å². The summed E-state index contributed by atoms with van der Waals surface area (Å²) >= 11 is 0. The topological polar surface area (TPSA) is 72.7 Å². The average Bonchev–Trinajstić information content (AvgIpc) is 3.15. The number of carbonyl (C=O) groups excluding carboxylic acids is 1. The lowest BCUT2D eigenvalue weighted by atomic mass is 9.95. The molecule has 1 fully saturated rings. The molecule has 2 aromatic carbocycles. The number of carbonyl (C=O) groups is 1. The zero-order valence-corrected chi connectivity index (χ0v) is 11.0. The molecule has 2 unspecified atom stereocenters. The van der Waals surface area contributed by atoms with Crippen molar-refractivity contribution in [1.82, 2.24) is 0 Å². The Kier molecular flexibility index (Phi) is 2.32. The van der Waals surface area contributed by atoms with E-state index in [1.165, 1.54) is 12.1 Å². The number of rotatable bonds is 2. The first-order valence-electron chi connectivity index (χ1n) is 6.67. The lowest BCUT2D eigenvalue weighted by molar-refractivity contribution is -0.384. The number of non-ortho nitro benzene ring substituents is 1. The third kappa shape index (κ3) is 1.64. The third-order valence-corrected chi connectivity index (χ3v) is 4.20. The van der Waals surface area contributed by atoms with Gasteiger partial charge < -0.3 is 4.74 Å². The van der Waals surface area contributed by atoms with Gasteiger partial charge in [-0.1, -0.05) is 24.3 Å². The maximum absolute atomic E-state index is 12.5. The number of hydrogen-bond acceptors (Lipinski definition) is 4. The minimum absolute atomic E-state index is 0.0152. The highest BCUT2D eigenvalue weighted by atomic mass is 16.6. The van der Waals surface area contributed by atoms with E-state index in [4.69, 9.17) is 4.74 Å². The Bertz CT molecular complexity index is 768. The van der Waals surface area contributed by atoms with Gasteiger partial charge >= 0.3 is 0 Å². The first-order valence-corrected chi connectivity index (χ1v) is 6.67.